The smallest absolute Gasteiger partial charge is 0.417 e. The molecular weight excluding hydrogens is 435 g/mol. The topological polar surface area (TPSA) is 73.1 Å². The second-order valence-corrected chi connectivity index (χ2v) is 8.36. The lowest BCUT2D eigenvalue weighted by molar-refractivity contribution is -0.137. The van der Waals surface area contributed by atoms with Crippen LogP contribution in [0.15, 0.2) is 55.0 Å². The number of aromatic nitrogens is 4. The molecule has 10 heteroatoms. The lowest BCUT2D eigenvalue weighted by atomic mass is 9.94. The fourth-order valence-electron chi connectivity index (χ4n) is 5.13. The van der Waals surface area contributed by atoms with Gasteiger partial charge in [0.25, 0.3) is 5.91 Å². The van der Waals surface area contributed by atoms with Crippen LogP contribution in [0.5, 0.6) is 5.88 Å². The number of rotatable bonds is 5. The third-order valence-corrected chi connectivity index (χ3v) is 6.52. The number of para-hydroxylation sites is 1. The number of pyridine rings is 1. The lowest BCUT2D eigenvalue weighted by Gasteiger charge is -2.39. The van der Waals surface area contributed by atoms with Crippen molar-refractivity contribution >= 4 is 5.91 Å². The molecule has 1 aromatic carbocycles. The van der Waals surface area contributed by atoms with E-state index in [-0.39, 0.29) is 35.9 Å². The quantitative estimate of drug-likeness (QED) is 0.576. The van der Waals surface area contributed by atoms with E-state index >= 15 is 0 Å². The number of piperidine rings is 1. The molecule has 172 valence electrons. The van der Waals surface area contributed by atoms with Crippen LogP contribution in [0.1, 0.15) is 42.1 Å². The first-order chi connectivity index (χ1) is 15.9. The van der Waals surface area contributed by atoms with E-state index in [1.165, 1.54) is 10.9 Å². The van der Waals surface area contributed by atoms with Gasteiger partial charge in [0.15, 0.2) is 0 Å². The summed E-state index contributed by atoms with van der Waals surface area (Å²) in [7, 11) is 0. The van der Waals surface area contributed by atoms with Crippen LogP contribution < -0.4 is 4.74 Å². The summed E-state index contributed by atoms with van der Waals surface area (Å²) in [4.78, 5) is 20.9. The Labute approximate surface area is 188 Å². The molecule has 0 N–H and O–H groups in total. The predicted molar refractivity (Wildman–Crippen MR) is 112 cm³/mol. The normalized spacial score (nSPS) is 24.3. The maximum atomic E-state index is 13.7. The standard InChI is InChI=1S/C23H22F3N5O2/c1-2-17-14-11-19(20(12-14)33-21-8-7-15(13-27-21)23(24,25)26)30(17)22(32)16-5-3-4-6-18(16)31-28-9-10-29-31/h3-10,13-14,17,19-20H,2,11-12H2,1H3/t14-,17-,19+,20-/m1/s1. The molecule has 1 aliphatic carbocycles. The second kappa shape index (κ2) is 8.17. The minimum Gasteiger partial charge on any atom is -0.472 e. The number of nitrogens with zero attached hydrogens (tertiary/aromatic N) is 5. The molecule has 7 nitrogen and oxygen atoms in total. The van der Waals surface area contributed by atoms with Crippen molar-refractivity contribution in [1.82, 2.24) is 24.9 Å². The highest BCUT2D eigenvalue weighted by atomic mass is 19.4. The number of benzene rings is 1. The van der Waals surface area contributed by atoms with E-state index in [2.05, 4.69) is 22.1 Å². The Balaban J connectivity index is 1.40. The highest BCUT2D eigenvalue weighted by Crippen LogP contribution is 2.46. The molecule has 5 rings (SSSR count). The lowest BCUT2D eigenvalue weighted by Crippen LogP contribution is -2.52. The molecule has 0 radical (unpaired) electrons. The summed E-state index contributed by atoms with van der Waals surface area (Å²) in [6, 6.07) is 9.25. The van der Waals surface area contributed by atoms with E-state index in [1.807, 2.05) is 11.0 Å². The van der Waals surface area contributed by atoms with Crippen LogP contribution in [0.2, 0.25) is 0 Å². The SMILES string of the molecule is CC[C@@H]1[C@H]2C[C@@H](Oc3ccc(C(F)(F)F)cn3)[C@H](C2)N1C(=O)c1ccccc1-n1nccn1. The molecule has 2 fully saturated rings. The Morgan fingerprint density at radius 1 is 1.12 bits per heavy atom. The molecule has 3 aromatic rings. The number of fused-ring (bicyclic) bond motifs is 2. The van der Waals surface area contributed by atoms with E-state index < -0.39 is 11.7 Å². The van der Waals surface area contributed by atoms with Crippen LogP contribution in [0.25, 0.3) is 5.69 Å². The van der Waals surface area contributed by atoms with E-state index in [1.54, 1.807) is 30.6 Å². The molecule has 2 aromatic heterocycles. The van der Waals surface area contributed by atoms with Gasteiger partial charge in [0.1, 0.15) is 6.10 Å². The van der Waals surface area contributed by atoms with E-state index in [4.69, 9.17) is 4.74 Å². The van der Waals surface area contributed by atoms with E-state index in [0.29, 0.717) is 11.3 Å². The summed E-state index contributed by atoms with van der Waals surface area (Å²) in [6.07, 6.45) is 1.42. The van der Waals surface area contributed by atoms with Gasteiger partial charge in [-0.1, -0.05) is 19.1 Å². The molecule has 2 bridgehead atoms. The van der Waals surface area contributed by atoms with Crippen LogP contribution in [-0.2, 0) is 6.18 Å². The Morgan fingerprint density at radius 2 is 1.88 bits per heavy atom. The number of carbonyl (C=O) groups is 1. The van der Waals surface area contributed by atoms with Crippen molar-refractivity contribution in [3.05, 3.63) is 66.1 Å². The highest BCUT2D eigenvalue weighted by molar-refractivity contribution is 5.98. The number of ether oxygens (including phenoxy) is 1. The van der Waals surface area contributed by atoms with Gasteiger partial charge >= 0.3 is 6.18 Å². The molecule has 0 spiro atoms. The van der Waals surface area contributed by atoms with Gasteiger partial charge in [-0.2, -0.15) is 28.2 Å². The van der Waals surface area contributed by atoms with Crippen molar-refractivity contribution in [3.8, 4) is 11.6 Å². The maximum absolute atomic E-state index is 13.7. The average Bonchev–Trinajstić information content (AvgIpc) is 3.55. The number of carbonyl (C=O) groups excluding carboxylic acids is 1. The van der Waals surface area contributed by atoms with E-state index in [0.717, 1.165) is 31.5 Å². The van der Waals surface area contributed by atoms with Crippen molar-refractivity contribution in [2.24, 2.45) is 5.92 Å². The molecular formula is C23H22F3N5O2. The number of alkyl halides is 3. The Morgan fingerprint density at radius 3 is 2.55 bits per heavy atom. The van der Waals surface area contributed by atoms with Crippen LogP contribution in [0, 0.1) is 5.92 Å². The fraction of sp³-hybridized carbons (Fsp3) is 0.391. The van der Waals surface area contributed by atoms with Crippen molar-refractivity contribution < 1.29 is 22.7 Å². The monoisotopic (exact) mass is 457 g/mol. The summed E-state index contributed by atoms with van der Waals surface area (Å²) >= 11 is 0. The van der Waals surface area contributed by atoms with Gasteiger partial charge in [-0.25, -0.2) is 4.98 Å². The Kier molecular flexibility index (Phi) is 5.30. The van der Waals surface area contributed by atoms with Gasteiger partial charge in [-0.05, 0) is 43.4 Å². The van der Waals surface area contributed by atoms with Crippen molar-refractivity contribution in [1.29, 1.82) is 0 Å². The zero-order valence-corrected chi connectivity index (χ0v) is 17.8. The molecule has 3 heterocycles. The van der Waals surface area contributed by atoms with Crippen molar-refractivity contribution in [3.63, 3.8) is 0 Å². The van der Waals surface area contributed by atoms with Crippen LogP contribution in [-0.4, -0.2) is 49.0 Å². The number of hydrogen-bond donors (Lipinski definition) is 0. The first kappa shape index (κ1) is 21.4. The predicted octanol–water partition coefficient (Wildman–Crippen LogP) is 4.14. The summed E-state index contributed by atoms with van der Waals surface area (Å²) in [5.74, 6) is 0.261. The summed E-state index contributed by atoms with van der Waals surface area (Å²) in [6.45, 7) is 2.06. The first-order valence-electron chi connectivity index (χ1n) is 10.8. The zero-order chi connectivity index (χ0) is 23.2. The van der Waals surface area contributed by atoms with E-state index in [9.17, 15) is 18.0 Å². The molecule has 1 saturated carbocycles. The van der Waals surface area contributed by atoms with Gasteiger partial charge in [0, 0.05) is 18.3 Å². The Hall–Kier alpha value is -3.43. The molecule has 2 aliphatic rings. The van der Waals surface area contributed by atoms with Gasteiger partial charge in [-0.15, -0.1) is 0 Å². The van der Waals surface area contributed by atoms with Crippen molar-refractivity contribution in [2.75, 3.05) is 0 Å². The van der Waals surface area contributed by atoms with Crippen LogP contribution in [0.3, 0.4) is 0 Å². The molecule has 4 atom stereocenters. The summed E-state index contributed by atoms with van der Waals surface area (Å²) < 4.78 is 44.5. The van der Waals surface area contributed by atoms with Crippen LogP contribution in [0.4, 0.5) is 13.2 Å². The highest BCUT2D eigenvalue weighted by Gasteiger charge is 2.54. The molecule has 1 aliphatic heterocycles. The molecule has 1 amide bonds. The fourth-order valence-corrected chi connectivity index (χ4v) is 5.13. The number of amides is 1. The van der Waals surface area contributed by atoms with Gasteiger partial charge in [0.2, 0.25) is 5.88 Å². The number of halogens is 3. The number of likely N-dealkylation sites (tertiary alicyclic amines) is 1. The Bertz CT molecular complexity index is 1130. The van der Waals surface area contributed by atoms with Gasteiger partial charge in [-0.3, -0.25) is 4.79 Å². The third kappa shape index (κ3) is 3.83. The minimum atomic E-state index is -4.45. The molecule has 1 saturated heterocycles. The molecule has 0 unspecified atom stereocenters. The second-order valence-electron chi connectivity index (χ2n) is 8.36. The average molecular weight is 457 g/mol. The van der Waals surface area contributed by atoms with Gasteiger partial charge in [0.05, 0.1) is 35.2 Å². The third-order valence-electron chi connectivity index (χ3n) is 6.52. The number of hydrogen-bond acceptors (Lipinski definition) is 5. The summed E-state index contributed by atoms with van der Waals surface area (Å²) in [5, 5.41) is 8.32. The summed E-state index contributed by atoms with van der Waals surface area (Å²) in [5.41, 5.74) is 0.257. The largest absolute Gasteiger partial charge is 0.472 e. The van der Waals surface area contributed by atoms with Gasteiger partial charge < -0.3 is 9.64 Å². The van der Waals surface area contributed by atoms with Crippen LogP contribution >= 0.6 is 0 Å². The van der Waals surface area contributed by atoms with Crippen molar-refractivity contribution in [2.45, 2.75) is 50.6 Å². The minimum absolute atomic E-state index is 0.0709. The molecule has 33 heavy (non-hydrogen) atoms. The first-order valence-corrected chi connectivity index (χ1v) is 10.8. The maximum Gasteiger partial charge on any atom is 0.417 e. The zero-order valence-electron chi connectivity index (χ0n) is 17.8.